The number of thiol groups is 1. The monoisotopic (exact) mass is 385 g/mol. The van der Waals surface area contributed by atoms with Crippen LogP contribution < -0.4 is 15.9 Å². The highest BCUT2D eigenvalue weighted by molar-refractivity contribution is 8.50. The molecule has 2 aromatic heterocycles. The minimum absolute atomic E-state index is 0.834. The zero-order valence-corrected chi connectivity index (χ0v) is 16.2. The van der Waals surface area contributed by atoms with Crippen LogP contribution in [-0.2, 0) is 0 Å². The maximum absolute atomic E-state index is 5.11. The van der Waals surface area contributed by atoms with E-state index in [1.807, 2.05) is 36.9 Å². The Morgan fingerprint density at radius 3 is 1.63 bits per heavy atom. The summed E-state index contributed by atoms with van der Waals surface area (Å²) >= 11 is 5.11. The molecule has 0 amide bonds. The molecule has 1 aliphatic heterocycles. The molecule has 27 heavy (non-hydrogen) atoms. The van der Waals surface area contributed by atoms with Gasteiger partial charge in [-0.3, -0.25) is 9.97 Å². The third kappa shape index (κ3) is 2.82. The average molecular weight is 385 g/mol. The van der Waals surface area contributed by atoms with Gasteiger partial charge in [-0.15, -0.1) is 12.2 Å². The van der Waals surface area contributed by atoms with Crippen LogP contribution in [0.5, 0.6) is 0 Å². The molecule has 0 fully saturated rings. The Labute approximate surface area is 164 Å². The number of rotatable bonds is 0. The molecule has 0 unspecified atom stereocenters. The van der Waals surface area contributed by atoms with E-state index >= 15 is 0 Å². The van der Waals surface area contributed by atoms with Crippen LogP contribution in [0.1, 0.15) is 0 Å². The van der Waals surface area contributed by atoms with Crippen molar-refractivity contribution in [1.82, 2.24) is 9.97 Å². The van der Waals surface area contributed by atoms with Crippen LogP contribution in [0.3, 0.4) is 0 Å². The molecular weight excluding hydrogens is 369 g/mol. The van der Waals surface area contributed by atoms with Crippen LogP contribution in [0.25, 0.3) is 22.3 Å². The van der Waals surface area contributed by atoms with E-state index in [1.54, 1.807) is 0 Å². The second kappa shape index (κ2) is 6.80. The minimum atomic E-state index is -0.834. The van der Waals surface area contributed by atoms with E-state index < -0.39 is 7.12 Å². The summed E-state index contributed by atoms with van der Waals surface area (Å²) in [5, 5.41) is 6.07. The van der Waals surface area contributed by atoms with Crippen LogP contribution in [0, 0.1) is 0 Å². The second-order valence-corrected chi connectivity index (χ2v) is 9.10. The Bertz CT molecular complexity index is 1060. The smallest absolute Gasteiger partial charge is 0.0495 e. The van der Waals surface area contributed by atoms with E-state index in [1.165, 1.54) is 21.7 Å². The molecule has 0 spiro atoms. The van der Waals surface area contributed by atoms with Gasteiger partial charge in [0.1, 0.15) is 0 Å². The largest absolute Gasteiger partial charge is 0.354 e. The highest BCUT2D eigenvalue weighted by Gasteiger charge is 2.22. The first-order valence-corrected chi connectivity index (χ1v) is 11.2. The van der Waals surface area contributed by atoms with Gasteiger partial charge < -0.3 is 5.32 Å². The van der Waals surface area contributed by atoms with Gasteiger partial charge in [0.25, 0.3) is 0 Å². The Hall–Kier alpha value is -2.68. The molecule has 0 atom stereocenters. The van der Waals surface area contributed by atoms with Gasteiger partial charge in [0.15, 0.2) is 0 Å². The lowest BCUT2D eigenvalue weighted by Crippen LogP contribution is -2.15. The van der Waals surface area contributed by atoms with Crippen molar-refractivity contribution in [3.63, 3.8) is 0 Å². The molecule has 0 radical (unpaired) electrons. The van der Waals surface area contributed by atoms with Crippen molar-refractivity contribution in [2.24, 2.45) is 0 Å². The number of fused-ring (bicyclic) bond motifs is 6. The lowest BCUT2D eigenvalue weighted by atomic mass is 10.0. The highest BCUT2D eigenvalue weighted by Crippen LogP contribution is 2.47. The Balaban J connectivity index is 1.88. The summed E-state index contributed by atoms with van der Waals surface area (Å²) in [6.45, 7) is 0. The van der Waals surface area contributed by atoms with E-state index in [0.717, 1.165) is 22.5 Å². The van der Waals surface area contributed by atoms with Gasteiger partial charge in [0.2, 0.25) is 0 Å². The molecule has 5 rings (SSSR count). The maximum Gasteiger partial charge on any atom is 0.0495 e. The first-order chi connectivity index (χ1) is 13.3. The molecule has 3 nitrogen and oxygen atoms in total. The molecule has 1 N–H and O–H groups in total. The molecular formula is C22H16N3PS. The summed E-state index contributed by atoms with van der Waals surface area (Å²) < 4.78 is 0. The van der Waals surface area contributed by atoms with E-state index in [0.29, 0.717) is 0 Å². The summed E-state index contributed by atoms with van der Waals surface area (Å²) in [5.41, 5.74) is 6.55. The van der Waals surface area contributed by atoms with Crippen molar-refractivity contribution >= 4 is 41.4 Å². The maximum atomic E-state index is 5.11. The highest BCUT2D eigenvalue weighted by atomic mass is 32.7. The third-order valence-corrected chi connectivity index (χ3v) is 7.74. The Morgan fingerprint density at radius 2 is 1.11 bits per heavy atom. The number of anilines is 2. The lowest BCUT2D eigenvalue weighted by molar-refractivity contribution is 1.31. The zero-order valence-electron chi connectivity index (χ0n) is 14.4. The van der Waals surface area contributed by atoms with Crippen molar-refractivity contribution in [3.8, 4) is 22.3 Å². The summed E-state index contributed by atoms with van der Waals surface area (Å²) in [6.07, 6.45) is 7.48. The summed E-state index contributed by atoms with van der Waals surface area (Å²) in [5.74, 6) is 0. The predicted molar refractivity (Wildman–Crippen MR) is 118 cm³/mol. The lowest BCUT2D eigenvalue weighted by Gasteiger charge is -2.24. The van der Waals surface area contributed by atoms with E-state index in [-0.39, 0.29) is 0 Å². The van der Waals surface area contributed by atoms with Crippen molar-refractivity contribution in [2.75, 3.05) is 5.32 Å². The molecule has 3 heterocycles. The zero-order chi connectivity index (χ0) is 18.2. The van der Waals surface area contributed by atoms with Gasteiger partial charge in [0.05, 0.1) is 0 Å². The first kappa shape index (κ1) is 16.5. The van der Waals surface area contributed by atoms with Crippen LogP contribution in [0.4, 0.5) is 11.4 Å². The summed E-state index contributed by atoms with van der Waals surface area (Å²) in [7, 11) is -0.834. The summed E-state index contributed by atoms with van der Waals surface area (Å²) in [6, 6.07) is 21.0. The topological polar surface area (TPSA) is 37.8 Å². The van der Waals surface area contributed by atoms with Crippen LogP contribution >= 0.6 is 19.4 Å². The van der Waals surface area contributed by atoms with Gasteiger partial charge in [-0.25, -0.2) is 0 Å². The standard InChI is InChI=1S/C22H16N3PS/c27-26-21-7-3-1-5-15(21)17-13-23-11-9-19(17)25-20-10-12-24-14-18(20)16-6-2-4-8-22(16)26/h1-14,25,27H. The fourth-order valence-corrected chi connectivity index (χ4v) is 6.09. The SMILES string of the molecule is SP1c2ccccc2-c2cnccc2Nc2ccncc2-c2ccccc21. The number of nitrogens with one attached hydrogen (secondary N) is 1. The number of pyridine rings is 2. The van der Waals surface area contributed by atoms with Crippen molar-refractivity contribution in [3.05, 3.63) is 85.5 Å². The van der Waals surface area contributed by atoms with Crippen LogP contribution in [0.15, 0.2) is 85.5 Å². The Kier molecular flexibility index (Phi) is 4.16. The fraction of sp³-hybridized carbons (Fsp3) is 0. The normalized spacial score (nSPS) is 12.8. The van der Waals surface area contributed by atoms with Crippen molar-refractivity contribution < 1.29 is 0 Å². The van der Waals surface area contributed by atoms with E-state index in [4.69, 9.17) is 12.2 Å². The molecule has 0 aliphatic carbocycles. The molecule has 5 heteroatoms. The first-order valence-electron chi connectivity index (χ1n) is 8.66. The van der Waals surface area contributed by atoms with Gasteiger partial charge >= 0.3 is 0 Å². The number of benzene rings is 2. The van der Waals surface area contributed by atoms with E-state index in [2.05, 4.69) is 63.8 Å². The minimum Gasteiger partial charge on any atom is -0.354 e. The van der Waals surface area contributed by atoms with Gasteiger partial charge in [-0.2, -0.15) is 0 Å². The number of hydrogen-bond acceptors (Lipinski definition) is 4. The molecule has 2 aromatic carbocycles. The van der Waals surface area contributed by atoms with Crippen molar-refractivity contribution in [1.29, 1.82) is 0 Å². The molecule has 4 aromatic rings. The van der Waals surface area contributed by atoms with Gasteiger partial charge in [-0.05, 0) is 33.9 Å². The summed E-state index contributed by atoms with van der Waals surface area (Å²) in [4.78, 5) is 8.76. The molecule has 1 aliphatic rings. The number of aromatic nitrogens is 2. The van der Waals surface area contributed by atoms with E-state index in [9.17, 15) is 0 Å². The number of hydrogen-bond donors (Lipinski definition) is 2. The number of nitrogens with zero attached hydrogens (tertiary/aromatic N) is 2. The van der Waals surface area contributed by atoms with Crippen molar-refractivity contribution in [2.45, 2.75) is 0 Å². The Morgan fingerprint density at radius 1 is 0.630 bits per heavy atom. The fourth-order valence-electron chi connectivity index (χ4n) is 3.48. The van der Waals surface area contributed by atoms with Gasteiger partial charge in [0, 0.05) is 54.4 Å². The average Bonchev–Trinajstić information content (AvgIpc) is 2.74. The van der Waals surface area contributed by atoms with Crippen LogP contribution in [0.2, 0.25) is 0 Å². The van der Waals surface area contributed by atoms with Gasteiger partial charge in [-0.1, -0.05) is 48.5 Å². The third-order valence-electron chi connectivity index (χ3n) is 4.76. The predicted octanol–water partition coefficient (Wildman–Crippen LogP) is 5.15. The molecule has 130 valence electrons. The molecule has 0 saturated heterocycles. The molecule has 0 saturated carbocycles. The van der Waals surface area contributed by atoms with Crippen LogP contribution in [-0.4, -0.2) is 9.97 Å². The second-order valence-electron chi connectivity index (χ2n) is 6.31. The molecule has 0 bridgehead atoms. The quantitative estimate of drug-likeness (QED) is 0.325.